The van der Waals surface area contributed by atoms with E-state index >= 15 is 0 Å². The topological polar surface area (TPSA) is 85.7 Å². The number of rotatable bonds is 11. The van der Waals surface area contributed by atoms with Crippen LogP contribution >= 0.6 is 0 Å². The Morgan fingerprint density at radius 2 is 1.85 bits per heavy atom. The summed E-state index contributed by atoms with van der Waals surface area (Å²) < 4.78 is 27.3. The van der Waals surface area contributed by atoms with Crippen LogP contribution in [0.1, 0.15) is 16.7 Å². The molecule has 0 radical (unpaired) electrons. The third kappa shape index (κ3) is 6.75. The first-order valence-corrected chi connectivity index (χ1v) is 12.1. The Morgan fingerprint density at radius 3 is 2.44 bits per heavy atom. The summed E-state index contributed by atoms with van der Waals surface area (Å²) in [5.41, 5.74) is 4.76. The Bertz CT molecular complexity index is 1120. The number of nitrogens with zero attached hydrogens (tertiary/aromatic N) is 3. The number of carbonyl (C=O) groups excluding carboxylic acids is 1. The van der Waals surface area contributed by atoms with Gasteiger partial charge < -0.3 is 19.4 Å². The number of aryl methyl sites for hydroxylation is 3. The van der Waals surface area contributed by atoms with E-state index < -0.39 is 11.0 Å². The largest absolute Gasteiger partial charge is 0.497 e. The van der Waals surface area contributed by atoms with Crippen molar-refractivity contribution in [1.29, 1.82) is 0 Å². The van der Waals surface area contributed by atoms with Gasteiger partial charge >= 0.3 is 0 Å². The highest BCUT2D eigenvalue weighted by atomic mass is 32.2. The highest BCUT2D eigenvalue weighted by Gasteiger charge is 2.17. The lowest BCUT2D eigenvalue weighted by Crippen LogP contribution is -2.30. The molecule has 0 aliphatic heterocycles. The number of amides is 1. The molecule has 1 N–H and O–H groups in total. The fraction of sp³-hybridized carbons (Fsp3) is 0.360. The molecule has 9 heteroatoms. The van der Waals surface area contributed by atoms with Gasteiger partial charge in [-0.25, -0.2) is 13.5 Å². The third-order valence-corrected chi connectivity index (χ3v) is 7.10. The van der Waals surface area contributed by atoms with Gasteiger partial charge in [-0.3, -0.25) is 4.79 Å². The average molecular weight is 485 g/mol. The molecular weight excluding hydrogens is 452 g/mol. The maximum absolute atomic E-state index is 12.9. The highest BCUT2D eigenvalue weighted by molar-refractivity contribution is 7.82. The minimum atomic E-state index is -1.33. The van der Waals surface area contributed by atoms with E-state index in [-0.39, 0.29) is 12.5 Å². The molecule has 1 atom stereocenters. The van der Waals surface area contributed by atoms with E-state index in [2.05, 4.69) is 10.3 Å². The van der Waals surface area contributed by atoms with Crippen LogP contribution in [-0.2, 0) is 34.1 Å². The van der Waals surface area contributed by atoms with Crippen molar-refractivity contribution < 1.29 is 18.5 Å². The van der Waals surface area contributed by atoms with E-state index in [1.807, 2.05) is 68.1 Å². The highest BCUT2D eigenvalue weighted by Crippen LogP contribution is 2.25. The van der Waals surface area contributed by atoms with Crippen LogP contribution in [0.2, 0.25) is 0 Å². The lowest BCUT2D eigenvalue weighted by atomic mass is 10.1. The molecule has 1 unspecified atom stereocenters. The molecule has 0 saturated heterocycles. The van der Waals surface area contributed by atoms with Crippen LogP contribution in [0.4, 0.5) is 0 Å². The number of benzene rings is 2. The van der Waals surface area contributed by atoms with Gasteiger partial charge in [0.15, 0.2) is 0 Å². The lowest BCUT2D eigenvalue weighted by Gasteiger charge is -2.19. The van der Waals surface area contributed by atoms with Crippen molar-refractivity contribution in [2.24, 2.45) is 7.05 Å². The number of carbonyl (C=O) groups is 1. The quantitative estimate of drug-likeness (QED) is 0.423. The second kappa shape index (κ2) is 11.9. The number of likely N-dealkylation sites (N-methyl/N-ethyl adjacent to an activating group) is 1. The van der Waals surface area contributed by atoms with Crippen molar-refractivity contribution in [3.63, 3.8) is 0 Å². The molecule has 1 aromatic heterocycles. The summed E-state index contributed by atoms with van der Waals surface area (Å²) in [5.74, 6) is 0.552. The Kier molecular flexibility index (Phi) is 8.98. The molecule has 182 valence electrons. The van der Waals surface area contributed by atoms with Gasteiger partial charge in [0, 0.05) is 38.9 Å². The van der Waals surface area contributed by atoms with Gasteiger partial charge in [0.05, 0.1) is 30.6 Å². The standard InChI is InChI=1S/C25H32N4O4S/c1-18-12-22(32-5)13-19(2)25(18)34(31)29(4)10-11-33-16-24(30)26-14-20-6-8-21(9-7-20)23-15-28(3)17-27-23/h6-9,12-13,15,17H,10-11,14,16H2,1-5H3,(H,26,30). The summed E-state index contributed by atoms with van der Waals surface area (Å²) in [5, 5.41) is 2.86. The van der Waals surface area contributed by atoms with Crippen LogP contribution in [0.15, 0.2) is 53.8 Å². The monoisotopic (exact) mass is 484 g/mol. The van der Waals surface area contributed by atoms with Gasteiger partial charge in [-0.2, -0.15) is 0 Å². The summed E-state index contributed by atoms with van der Waals surface area (Å²) in [7, 11) is 4.00. The number of methoxy groups -OCH3 is 1. The van der Waals surface area contributed by atoms with Crippen LogP contribution in [0.25, 0.3) is 11.3 Å². The van der Waals surface area contributed by atoms with Crippen LogP contribution in [0.3, 0.4) is 0 Å². The first kappa shape index (κ1) is 25.6. The Hall–Kier alpha value is -3.01. The van der Waals surface area contributed by atoms with Crippen molar-refractivity contribution in [3.05, 3.63) is 65.6 Å². The van der Waals surface area contributed by atoms with Crippen LogP contribution in [0.5, 0.6) is 5.75 Å². The van der Waals surface area contributed by atoms with Crippen LogP contribution in [-0.4, -0.2) is 57.9 Å². The number of nitrogens with one attached hydrogen (secondary N) is 1. The molecule has 0 bridgehead atoms. The Morgan fingerprint density at radius 1 is 1.18 bits per heavy atom. The summed E-state index contributed by atoms with van der Waals surface area (Å²) in [4.78, 5) is 17.2. The summed E-state index contributed by atoms with van der Waals surface area (Å²) in [6.07, 6.45) is 3.72. The van der Waals surface area contributed by atoms with E-state index in [4.69, 9.17) is 9.47 Å². The van der Waals surface area contributed by atoms with Crippen LogP contribution < -0.4 is 10.1 Å². The lowest BCUT2D eigenvalue weighted by molar-refractivity contribution is -0.125. The third-order valence-electron chi connectivity index (χ3n) is 5.36. The molecule has 0 fully saturated rings. The smallest absolute Gasteiger partial charge is 0.246 e. The SMILES string of the molecule is COc1cc(C)c(S(=O)N(C)CCOCC(=O)NCc2ccc(-c3cn(C)cn3)cc2)c(C)c1. The number of hydrogen-bond donors (Lipinski definition) is 1. The maximum Gasteiger partial charge on any atom is 0.246 e. The molecule has 0 saturated carbocycles. The molecule has 8 nitrogen and oxygen atoms in total. The molecule has 3 rings (SSSR count). The zero-order chi connectivity index (χ0) is 24.7. The molecule has 0 aliphatic carbocycles. The number of hydrogen-bond acceptors (Lipinski definition) is 5. The maximum atomic E-state index is 12.9. The predicted octanol–water partition coefficient (Wildman–Crippen LogP) is 3.00. The number of imidazole rings is 1. The van der Waals surface area contributed by atoms with Gasteiger partial charge in [0.25, 0.3) is 0 Å². The predicted molar refractivity (Wildman–Crippen MR) is 133 cm³/mol. The van der Waals surface area contributed by atoms with Crippen molar-refractivity contribution in [1.82, 2.24) is 19.2 Å². The van der Waals surface area contributed by atoms with E-state index in [9.17, 15) is 9.00 Å². The van der Waals surface area contributed by atoms with E-state index in [0.29, 0.717) is 19.7 Å². The van der Waals surface area contributed by atoms with Gasteiger partial charge in [0.2, 0.25) is 5.91 Å². The second-order valence-corrected chi connectivity index (χ2v) is 9.67. The summed E-state index contributed by atoms with van der Waals surface area (Å²) in [6, 6.07) is 11.7. The van der Waals surface area contributed by atoms with Gasteiger partial charge in [0.1, 0.15) is 23.3 Å². The number of ether oxygens (including phenoxy) is 2. The zero-order valence-corrected chi connectivity index (χ0v) is 21.1. The fourth-order valence-electron chi connectivity index (χ4n) is 3.51. The molecule has 1 heterocycles. The van der Waals surface area contributed by atoms with Crippen molar-refractivity contribution in [2.75, 3.05) is 33.9 Å². The van der Waals surface area contributed by atoms with Gasteiger partial charge in [-0.05, 0) is 42.7 Å². The Balaban J connectivity index is 1.39. The van der Waals surface area contributed by atoms with E-state index in [1.54, 1.807) is 24.8 Å². The first-order chi connectivity index (χ1) is 16.3. The van der Waals surface area contributed by atoms with E-state index in [1.165, 1.54) is 0 Å². The first-order valence-electron chi connectivity index (χ1n) is 11.0. The van der Waals surface area contributed by atoms with Crippen molar-refractivity contribution in [2.45, 2.75) is 25.3 Å². The second-order valence-electron chi connectivity index (χ2n) is 8.14. The summed E-state index contributed by atoms with van der Waals surface area (Å²) >= 11 is 0. The minimum absolute atomic E-state index is 0.0485. The van der Waals surface area contributed by atoms with Crippen LogP contribution in [0, 0.1) is 13.8 Å². The Labute approximate surface area is 203 Å². The average Bonchev–Trinajstić information content (AvgIpc) is 3.26. The summed E-state index contributed by atoms with van der Waals surface area (Å²) in [6.45, 7) is 4.94. The number of aromatic nitrogens is 2. The molecule has 34 heavy (non-hydrogen) atoms. The molecule has 3 aromatic rings. The van der Waals surface area contributed by atoms with Gasteiger partial charge in [-0.1, -0.05) is 24.3 Å². The molecule has 0 spiro atoms. The zero-order valence-electron chi connectivity index (χ0n) is 20.3. The molecular formula is C25H32N4O4S. The van der Waals surface area contributed by atoms with Gasteiger partial charge in [-0.15, -0.1) is 0 Å². The van der Waals surface area contributed by atoms with Crippen molar-refractivity contribution in [3.8, 4) is 17.0 Å². The van der Waals surface area contributed by atoms with E-state index in [0.717, 1.165) is 38.6 Å². The molecule has 2 aromatic carbocycles. The minimum Gasteiger partial charge on any atom is -0.497 e. The fourth-order valence-corrected chi connectivity index (χ4v) is 4.73. The molecule has 1 amide bonds. The van der Waals surface area contributed by atoms with Crippen molar-refractivity contribution >= 4 is 16.9 Å². The molecule has 0 aliphatic rings. The normalized spacial score (nSPS) is 12.1.